The van der Waals surface area contributed by atoms with E-state index >= 15 is 0 Å². The van der Waals surface area contributed by atoms with E-state index in [9.17, 15) is 20.4 Å². The zero-order valence-electron chi connectivity index (χ0n) is 13.7. The van der Waals surface area contributed by atoms with E-state index in [1.165, 1.54) is 10.9 Å². The number of para-hydroxylation sites is 1. The number of fused-ring (bicyclic) bond motifs is 1. The van der Waals surface area contributed by atoms with Gasteiger partial charge in [-0.05, 0) is 25.5 Å². The summed E-state index contributed by atoms with van der Waals surface area (Å²) in [4.78, 5) is 0. The second-order valence-electron chi connectivity index (χ2n) is 6.13. The highest BCUT2D eigenvalue weighted by Crippen LogP contribution is 2.25. The second kappa shape index (κ2) is 7.42. The highest BCUT2D eigenvalue weighted by atomic mass is 16.3. The predicted octanol–water partition coefficient (Wildman–Crippen LogP) is -0.0757. The molecule has 0 aliphatic rings. The highest BCUT2D eigenvalue weighted by Gasteiger charge is 2.28. The molecule has 2 rings (SSSR count). The van der Waals surface area contributed by atoms with Crippen molar-refractivity contribution in [1.82, 2.24) is 9.88 Å². The molecular formula is C17H26N2O4. The van der Waals surface area contributed by atoms with Crippen LogP contribution in [0.5, 0.6) is 0 Å². The minimum absolute atomic E-state index is 0.159. The number of aryl methyl sites for hydroxylation is 1. The van der Waals surface area contributed by atoms with E-state index in [-0.39, 0.29) is 6.54 Å². The summed E-state index contributed by atoms with van der Waals surface area (Å²) in [7, 11) is 0. The summed E-state index contributed by atoms with van der Waals surface area (Å²) in [6, 6.07) is 8.05. The van der Waals surface area contributed by atoms with E-state index in [2.05, 4.69) is 22.9 Å². The lowest BCUT2D eigenvalue weighted by atomic mass is 10.0. The minimum atomic E-state index is -1.18. The summed E-state index contributed by atoms with van der Waals surface area (Å²) in [5.41, 5.74) is 2.18. The van der Waals surface area contributed by atoms with Crippen LogP contribution in [0.1, 0.15) is 11.3 Å². The first kappa shape index (κ1) is 17.9. The van der Waals surface area contributed by atoms with Crippen molar-refractivity contribution >= 4 is 10.9 Å². The molecule has 0 aliphatic heterocycles. The molecule has 1 aromatic carbocycles. The number of benzene rings is 1. The van der Waals surface area contributed by atoms with E-state index in [4.69, 9.17) is 0 Å². The van der Waals surface area contributed by atoms with E-state index in [0.29, 0.717) is 6.54 Å². The molecule has 0 fully saturated rings. The molecule has 0 bridgehead atoms. The molecule has 0 aliphatic carbocycles. The molecule has 0 saturated heterocycles. The van der Waals surface area contributed by atoms with E-state index in [0.717, 1.165) is 11.2 Å². The molecule has 2 aromatic rings. The first-order valence-electron chi connectivity index (χ1n) is 7.78. The number of aromatic nitrogens is 1. The largest absolute Gasteiger partial charge is 0.394 e. The number of rotatable bonds is 8. The molecule has 1 atom stereocenters. The van der Waals surface area contributed by atoms with Gasteiger partial charge in [-0.2, -0.15) is 0 Å². The summed E-state index contributed by atoms with van der Waals surface area (Å²) in [5.74, 6) is 0. The van der Waals surface area contributed by atoms with Crippen molar-refractivity contribution in [3.05, 3.63) is 35.5 Å². The van der Waals surface area contributed by atoms with Crippen LogP contribution in [-0.4, -0.2) is 63.0 Å². The van der Waals surface area contributed by atoms with Gasteiger partial charge in [0.2, 0.25) is 0 Å². The van der Waals surface area contributed by atoms with Gasteiger partial charge in [-0.15, -0.1) is 0 Å². The van der Waals surface area contributed by atoms with Crippen molar-refractivity contribution in [3.8, 4) is 0 Å². The molecule has 6 nitrogen and oxygen atoms in total. The lowest BCUT2D eigenvalue weighted by molar-refractivity contribution is 0.0306. The van der Waals surface area contributed by atoms with Gasteiger partial charge in [0, 0.05) is 23.1 Å². The smallest absolute Gasteiger partial charge is 0.0882 e. The van der Waals surface area contributed by atoms with Gasteiger partial charge in [0.15, 0.2) is 0 Å². The van der Waals surface area contributed by atoms with Crippen molar-refractivity contribution in [1.29, 1.82) is 0 Å². The molecule has 23 heavy (non-hydrogen) atoms. The average Bonchev–Trinajstić information content (AvgIpc) is 2.82. The second-order valence-corrected chi connectivity index (χ2v) is 6.13. The Balaban J connectivity index is 2.12. The van der Waals surface area contributed by atoms with Crippen LogP contribution in [0.3, 0.4) is 0 Å². The molecule has 1 aromatic heterocycles. The van der Waals surface area contributed by atoms with Crippen LogP contribution in [0.25, 0.3) is 10.9 Å². The van der Waals surface area contributed by atoms with Crippen LogP contribution in [0.15, 0.2) is 24.3 Å². The quantitative estimate of drug-likeness (QED) is 0.468. The van der Waals surface area contributed by atoms with Gasteiger partial charge in [-0.1, -0.05) is 18.2 Å². The average molecular weight is 322 g/mol. The molecule has 5 N–H and O–H groups in total. The van der Waals surface area contributed by atoms with Crippen LogP contribution < -0.4 is 5.32 Å². The summed E-state index contributed by atoms with van der Waals surface area (Å²) in [6.45, 7) is 3.42. The summed E-state index contributed by atoms with van der Waals surface area (Å²) in [6.07, 6.45) is -0.715. The van der Waals surface area contributed by atoms with Crippen molar-refractivity contribution < 1.29 is 20.4 Å². The van der Waals surface area contributed by atoms with Gasteiger partial charge in [0.05, 0.1) is 38.0 Å². The van der Waals surface area contributed by atoms with Crippen LogP contribution in [-0.2, 0) is 6.54 Å². The maximum Gasteiger partial charge on any atom is 0.0882 e. The Hall–Kier alpha value is -1.44. The van der Waals surface area contributed by atoms with Gasteiger partial charge in [-0.3, -0.25) is 0 Å². The lowest BCUT2D eigenvalue weighted by Crippen LogP contribution is -2.56. The minimum Gasteiger partial charge on any atom is -0.394 e. The fourth-order valence-electron chi connectivity index (χ4n) is 2.77. The van der Waals surface area contributed by atoms with Gasteiger partial charge in [-0.25, -0.2) is 0 Å². The van der Waals surface area contributed by atoms with Crippen molar-refractivity contribution in [3.63, 3.8) is 0 Å². The third-order valence-electron chi connectivity index (χ3n) is 4.56. The molecule has 0 saturated carbocycles. The van der Waals surface area contributed by atoms with Gasteiger partial charge in [0.1, 0.15) is 0 Å². The first-order valence-corrected chi connectivity index (χ1v) is 7.78. The normalized spacial score (nSPS) is 13.7. The zero-order valence-corrected chi connectivity index (χ0v) is 13.7. The Morgan fingerprint density at radius 3 is 2.30 bits per heavy atom. The molecule has 1 unspecified atom stereocenters. The van der Waals surface area contributed by atoms with E-state index in [1.807, 2.05) is 25.1 Å². The van der Waals surface area contributed by atoms with Gasteiger partial charge < -0.3 is 30.3 Å². The third-order valence-corrected chi connectivity index (χ3v) is 4.56. The molecule has 0 radical (unpaired) electrons. The number of hydrogen-bond donors (Lipinski definition) is 5. The van der Waals surface area contributed by atoms with Gasteiger partial charge >= 0.3 is 0 Å². The zero-order chi connectivity index (χ0) is 17.0. The Bertz CT molecular complexity index is 641. The predicted molar refractivity (Wildman–Crippen MR) is 89.4 cm³/mol. The number of aliphatic hydroxyl groups is 4. The molecular weight excluding hydrogens is 296 g/mol. The van der Waals surface area contributed by atoms with Crippen LogP contribution in [0, 0.1) is 13.8 Å². The Kier molecular flexibility index (Phi) is 5.78. The molecule has 0 amide bonds. The number of β-amino-alcohol motifs (C(OH)–C–C–N with tert-alkyl or cyclic N) is 1. The maximum atomic E-state index is 10.3. The van der Waals surface area contributed by atoms with E-state index in [1.54, 1.807) is 0 Å². The number of aliphatic hydroxyl groups excluding tert-OH is 4. The maximum absolute atomic E-state index is 10.3. The van der Waals surface area contributed by atoms with Crippen LogP contribution >= 0.6 is 0 Å². The molecule has 0 spiro atoms. The van der Waals surface area contributed by atoms with Crippen molar-refractivity contribution in [2.75, 3.05) is 26.4 Å². The highest BCUT2D eigenvalue weighted by molar-refractivity contribution is 5.85. The van der Waals surface area contributed by atoms with E-state index < -0.39 is 31.5 Å². The molecule has 1 heterocycles. The number of hydrogen-bond acceptors (Lipinski definition) is 5. The lowest BCUT2D eigenvalue weighted by Gasteiger charge is -2.30. The van der Waals surface area contributed by atoms with Crippen LogP contribution in [0.2, 0.25) is 0 Å². The summed E-state index contributed by atoms with van der Waals surface area (Å²) >= 11 is 0. The summed E-state index contributed by atoms with van der Waals surface area (Å²) < 4.78 is 2.07. The van der Waals surface area contributed by atoms with Crippen molar-refractivity contribution in [2.24, 2.45) is 0 Å². The monoisotopic (exact) mass is 322 g/mol. The van der Waals surface area contributed by atoms with Crippen LogP contribution in [0.4, 0.5) is 0 Å². The SMILES string of the molecule is Cc1c(C)n(CC(O)CNC(CO)(CO)CO)c2ccccc12. The van der Waals surface area contributed by atoms with Crippen molar-refractivity contribution in [2.45, 2.75) is 32.0 Å². The fraction of sp³-hybridized carbons (Fsp3) is 0.529. The Morgan fingerprint density at radius 2 is 1.70 bits per heavy atom. The standard InChI is InChI=1S/C17H26N2O4/c1-12-13(2)19(16-6-4-3-5-15(12)16)8-14(23)7-18-17(9-20,10-21)11-22/h3-6,14,18,20-23H,7-11H2,1-2H3. The molecule has 128 valence electrons. The first-order chi connectivity index (χ1) is 11.0. The topological polar surface area (TPSA) is 97.9 Å². The number of nitrogens with zero attached hydrogens (tertiary/aromatic N) is 1. The van der Waals surface area contributed by atoms with Gasteiger partial charge in [0.25, 0.3) is 0 Å². The third kappa shape index (κ3) is 3.57. The number of nitrogens with one attached hydrogen (secondary N) is 1. The Labute approximate surface area is 136 Å². The fourth-order valence-corrected chi connectivity index (χ4v) is 2.77. The molecule has 6 heteroatoms. The summed E-state index contributed by atoms with van der Waals surface area (Å²) in [5, 5.41) is 42.2. The Morgan fingerprint density at radius 1 is 1.09 bits per heavy atom.